The van der Waals surface area contributed by atoms with E-state index >= 15 is 0 Å². The molecule has 0 radical (unpaired) electrons. The predicted molar refractivity (Wildman–Crippen MR) is 128 cm³/mol. The molecule has 1 N–H and O–H groups in total. The summed E-state index contributed by atoms with van der Waals surface area (Å²) in [6, 6.07) is 5.14. The molecule has 2 heterocycles. The number of hydrogen-bond acceptors (Lipinski definition) is 5. The average Bonchev–Trinajstić information content (AvgIpc) is 2.68. The van der Waals surface area contributed by atoms with Gasteiger partial charge in [0.25, 0.3) is 0 Å². The van der Waals surface area contributed by atoms with E-state index in [0.717, 1.165) is 36.3 Å². The van der Waals surface area contributed by atoms with Crippen LogP contribution in [0.25, 0.3) is 5.57 Å². The first-order chi connectivity index (χ1) is 14.7. The first-order valence-corrected chi connectivity index (χ1v) is 13.4. The lowest BCUT2D eigenvalue weighted by molar-refractivity contribution is -0.160. The third kappa shape index (κ3) is 5.29. The first kappa shape index (κ1) is 23.5. The zero-order valence-corrected chi connectivity index (χ0v) is 20.5. The fraction of sp³-hybridized carbons (Fsp3) is 0.625. The SMILES string of the molecule is CC1(C)CC2(CC(c3ccc(Cl)c(F)c3)=C1CC[C@@H]1C[C@@H](O)CC(=O)O1)SCCCS2. The Morgan fingerprint density at radius 2 is 2.03 bits per heavy atom. The maximum absolute atomic E-state index is 14.4. The summed E-state index contributed by atoms with van der Waals surface area (Å²) in [5.41, 5.74) is 3.36. The average molecular weight is 485 g/mol. The van der Waals surface area contributed by atoms with Crippen molar-refractivity contribution in [3.63, 3.8) is 0 Å². The Balaban J connectivity index is 1.68. The molecule has 2 fully saturated rings. The normalized spacial score (nSPS) is 28.0. The number of thioether (sulfide) groups is 2. The molecule has 7 heteroatoms. The highest BCUT2D eigenvalue weighted by Gasteiger charge is 2.46. The topological polar surface area (TPSA) is 46.5 Å². The lowest BCUT2D eigenvalue weighted by atomic mass is 9.68. The van der Waals surface area contributed by atoms with Gasteiger partial charge in [-0.25, -0.2) is 4.39 Å². The number of hydrogen-bond donors (Lipinski definition) is 1. The smallest absolute Gasteiger partial charge is 0.308 e. The van der Waals surface area contributed by atoms with E-state index in [1.54, 1.807) is 12.1 Å². The molecule has 0 saturated carbocycles. The van der Waals surface area contributed by atoms with Gasteiger partial charge in [0.1, 0.15) is 11.9 Å². The summed E-state index contributed by atoms with van der Waals surface area (Å²) < 4.78 is 20.0. The Bertz CT molecular complexity index is 880. The molecule has 2 aliphatic heterocycles. The zero-order valence-electron chi connectivity index (χ0n) is 18.1. The Hall–Kier alpha value is -0.690. The van der Waals surface area contributed by atoms with Crippen LogP contribution in [0.5, 0.6) is 0 Å². The largest absolute Gasteiger partial charge is 0.462 e. The molecule has 4 rings (SSSR count). The molecule has 0 unspecified atom stereocenters. The number of allylic oxidation sites excluding steroid dienone is 2. The maximum atomic E-state index is 14.4. The number of ether oxygens (including phenoxy) is 1. The van der Waals surface area contributed by atoms with Crippen molar-refractivity contribution in [1.82, 2.24) is 0 Å². The van der Waals surface area contributed by atoms with Crippen LogP contribution >= 0.6 is 35.1 Å². The van der Waals surface area contributed by atoms with Crippen LogP contribution in [0.4, 0.5) is 4.39 Å². The van der Waals surface area contributed by atoms with E-state index in [4.69, 9.17) is 16.3 Å². The molecule has 0 amide bonds. The highest BCUT2D eigenvalue weighted by molar-refractivity contribution is 8.18. The lowest BCUT2D eigenvalue weighted by Crippen LogP contribution is -2.38. The predicted octanol–water partition coefficient (Wildman–Crippen LogP) is 6.47. The number of benzene rings is 1. The van der Waals surface area contributed by atoms with Gasteiger partial charge < -0.3 is 9.84 Å². The van der Waals surface area contributed by atoms with Gasteiger partial charge in [-0.05, 0) is 72.3 Å². The van der Waals surface area contributed by atoms with Gasteiger partial charge >= 0.3 is 5.97 Å². The van der Waals surface area contributed by atoms with Crippen molar-refractivity contribution >= 4 is 46.7 Å². The van der Waals surface area contributed by atoms with Crippen molar-refractivity contribution in [2.24, 2.45) is 5.41 Å². The minimum Gasteiger partial charge on any atom is -0.462 e. The molecular formula is C24H30ClFO3S2. The minimum atomic E-state index is -0.622. The number of rotatable bonds is 4. The molecule has 2 saturated heterocycles. The van der Waals surface area contributed by atoms with Gasteiger partial charge in [0.15, 0.2) is 0 Å². The molecule has 1 aromatic carbocycles. The molecule has 3 nitrogen and oxygen atoms in total. The third-order valence-electron chi connectivity index (χ3n) is 6.58. The van der Waals surface area contributed by atoms with Crippen molar-refractivity contribution in [2.45, 2.75) is 75.1 Å². The monoisotopic (exact) mass is 484 g/mol. The van der Waals surface area contributed by atoms with Gasteiger partial charge in [-0.15, -0.1) is 23.5 Å². The molecule has 170 valence electrons. The van der Waals surface area contributed by atoms with Gasteiger partial charge in [0.05, 0.1) is 21.6 Å². The number of carbonyl (C=O) groups is 1. The maximum Gasteiger partial charge on any atom is 0.308 e. The van der Waals surface area contributed by atoms with Gasteiger partial charge in [-0.3, -0.25) is 4.79 Å². The standard InChI is InChI=1S/C24H30ClFO3S2/c1-23(2)14-24(30-8-3-9-31-24)13-18(15-4-7-20(25)21(26)10-15)19(23)6-5-17-11-16(27)12-22(28)29-17/h4,7,10,16-17,27H,3,5-6,8-9,11-14H2,1-2H3/t16-,17-/m1/s1. The number of halogens is 2. The van der Waals surface area contributed by atoms with Crippen molar-refractivity contribution in [3.05, 3.63) is 40.2 Å². The van der Waals surface area contributed by atoms with Crippen LogP contribution in [-0.4, -0.2) is 38.9 Å². The molecule has 31 heavy (non-hydrogen) atoms. The summed E-state index contributed by atoms with van der Waals surface area (Å²) in [7, 11) is 0. The molecule has 2 atom stereocenters. The summed E-state index contributed by atoms with van der Waals surface area (Å²) in [6.45, 7) is 4.57. The number of aliphatic hydroxyl groups is 1. The molecule has 0 aromatic heterocycles. The number of carbonyl (C=O) groups excluding carboxylic acids is 1. The molecule has 1 spiro atoms. The Kier molecular flexibility index (Phi) is 7.03. The quantitative estimate of drug-likeness (QED) is 0.496. The number of aliphatic hydroxyl groups excluding tert-OH is 1. The highest BCUT2D eigenvalue weighted by atomic mass is 35.5. The van der Waals surface area contributed by atoms with Crippen LogP contribution in [0.2, 0.25) is 5.02 Å². The van der Waals surface area contributed by atoms with Gasteiger partial charge in [0, 0.05) is 6.42 Å². The molecule has 3 aliphatic rings. The Morgan fingerprint density at radius 3 is 2.71 bits per heavy atom. The number of esters is 1. The van der Waals surface area contributed by atoms with E-state index < -0.39 is 11.9 Å². The molecule has 1 aromatic rings. The van der Waals surface area contributed by atoms with Gasteiger partial charge in [0.2, 0.25) is 0 Å². The van der Waals surface area contributed by atoms with E-state index in [0.29, 0.717) is 12.8 Å². The van der Waals surface area contributed by atoms with E-state index in [-0.39, 0.29) is 33.0 Å². The van der Waals surface area contributed by atoms with Crippen LogP contribution in [0.15, 0.2) is 23.8 Å². The van der Waals surface area contributed by atoms with E-state index in [1.165, 1.54) is 17.6 Å². The van der Waals surface area contributed by atoms with Crippen molar-refractivity contribution < 1.29 is 19.0 Å². The summed E-state index contributed by atoms with van der Waals surface area (Å²) in [4.78, 5) is 11.8. The fourth-order valence-electron chi connectivity index (χ4n) is 5.24. The molecular weight excluding hydrogens is 455 g/mol. The van der Waals surface area contributed by atoms with Crippen molar-refractivity contribution in [1.29, 1.82) is 0 Å². The van der Waals surface area contributed by atoms with E-state index in [9.17, 15) is 14.3 Å². The van der Waals surface area contributed by atoms with E-state index in [2.05, 4.69) is 13.8 Å². The Labute approximate surface area is 197 Å². The number of cyclic esters (lactones) is 1. The van der Waals surface area contributed by atoms with Gasteiger partial charge in [-0.1, -0.05) is 37.1 Å². The summed E-state index contributed by atoms with van der Waals surface area (Å²) >= 11 is 10.1. The fourth-order valence-corrected chi connectivity index (χ4v) is 9.11. The van der Waals surface area contributed by atoms with Gasteiger partial charge in [-0.2, -0.15) is 0 Å². The van der Waals surface area contributed by atoms with Crippen LogP contribution in [0, 0.1) is 11.2 Å². The molecule has 0 bridgehead atoms. The summed E-state index contributed by atoms with van der Waals surface area (Å²) in [5, 5.41) is 10.1. The Morgan fingerprint density at radius 1 is 1.29 bits per heavy atom. The minimum absolute atomic E-state index is 0.0572. The van der Waals surface area contributed by atoms with Crippen molar-refractivity contribution in [2.75, 3.05) is 11.5 Å². The third-order valence-corrected chi connectivity index (χ3v) is 10.2. The first-order valence-electron chi connectivity index (χ1n) is 11.0. The summed E-state index contributed by atoms with van der Waals surface area (Å²) in [6.07, 6.45) is 4.31. The van der Waals surface area contributed by atoms with Crippen LogP contribution < -0.4 is 0 Å². The molecule has 1 aliphatic carbocycles. The van der Waals surface area contributed by atoms with Crippen LogP contribution in [0.1, 0.15) is 64.4 Å². The lowest BCUT2D eigenvalue weighted by Gasteiger charge is -2.48. The highest BCUT2D eigenvalue weighted by Crippen LogP contribution is 2.60. The second-order valence-corrected chi connectivity index (χ2v) is 13.2. The second kappa shape index (κ2) is 9.28. The second-order valence-electron chi connectivity index (χ2n) is 9.53. The van der Waals surface area contributed by atoms with E-state index in [1.807, 2.05) is 29.6 Å². The van der Waals surface area contributed by atoms with Crippen LogP contribution in [-0.2, 0) is 9.53 Å². The zero-order chi connectivity index (χ0) is 22.2. The summed E-state index contributed by atoms with van der Waals surface area (Å²) in [5.74, 6) is 1.61. The van der Waals surface area contributed by atoms with Crippen molar-refractivity contribution in [3.8, 4) is 0 Å². The van der Waals surface area contributed by atoms with Crippen LogP contribution in [0.3, 0.4) is 0 Å².